The first-order valence-electron chi connectivity index (χ1n) is 8.61. The lowest BCUT2D eigenvalue weighted by atomic mass is 9.75. The average molecular weight is 347 g/mol. The maximum atomic E-state index is 12.6. The van der Waals surface area contributed by atoms with Crippen molar-refractivity contribution in [3.63, 3.8) is 0 Å². The highest BCUT2D eigenvalue weighted by molar-refractivity contribution is 5.86. The van der Waals surface area contributed by atoms with Gasteiger partial charge in [0.25, 0.3) is 0 Å². The Morgan fingerprint density at radius 2 is 2.32 bits per heavy atom. The molecule has 3 aliphatic heterocycles. The fourth-order valence-electron chi connectivity index (χ4n) is 3.98. The molecule has 0 aromatic carbocycles. The zero-order valence-corrected chi connectivity index (χ0v) is 14.8. The van der Waals surface area contributed by atoms with Crippen LogP contribution in [0.15, 0.2) is 18.9 Å². The molecule has 1 aromatic heterocycles. The van der Waals surface area contributed by atoms with Crippen LogP contribution < -0.4 is 0 Å². The number of aromatic nitrogens is 3. The molecule has 4 heterocycles. The van der Waals surface area contributed by atoms with Crippen LogP contribution in [0.4, 0.5) is 0 Å². The minimum Gasteiger partial charge on any atom is -0.464 e. The van der Waals surface area contributed by atoms with Crippen molar-refractivity contribution in [3.8, 4) is 0 Å². The predicted molar refractivity (Wildman–Crippen MR) is 90.8 cm³/mol. The molecule has 2 bridgehead atoms. The van der Waals surface area contributed by atoms with Gasteiger partial charge in [0.05, 0.1) is 25.8 Å². The monoisotopic (exact) mass is 347 g/mol. The molecular weight excluding hydrogens is 322 g/mol. The Morgan fingerprint density at radius 3 is 2.96 bits per heavy atom. The third-order valence-electron chi connectivity index (χ3n) is 5.31. The molecule has 8 nitrogen and oxygen atoms in total. The second-order valence-electron chi connectivity index (χ2n) is 6.86. The number of methoxy groups -OCH3 is 1. The minimum atomic E-state index is -0.479. The summed E-state index contributed by atoms with van der Waals surface area (Å²) in [6.07, 6.45) is 5.40. The van der Waals surface area contributed by atoms with Crippen molar-refractivity contribution in [1.82, 2.24) is 24.8 Å². The number of hydrogen-bond donors (Lipinski definition) is 0. The molecule has 0 saturated carbocycles. The summed E-state index contributed by atoms with van der Waals surface area (Å²) in [6.45, 7) is 6.75. The summed E-state index contributed by atoms with van der Waals surface area (Å²) < 4.78 is 6.35. The van der Waals surface area contributed by atoms with E-state index in [1.807, 2.05) is 7.05 Å². The second-order valence-corrected chi connectivity index (χ2v) is 6.86. The van der Waals surface area contributed by atoms with Crippen molar-refractivity contribution < 1.29 is 14.3 Å². The first kappa shape index (κ1) is 17.6. The molecule has 0 spiro atoms. The Bertz CT molecular complexity index is 658. The van der Waals surface area contributed by atoms with Crippen LogP contribution in [-0.4, -0.2) is 76.5 Å². The number of likely N-dealkylation sites (N-methyl/N-ethyl adjacent to an activating group) is 1. The van der Waals surface area contributed by atoms with Gasteiger partial charge in [-0.3, -0.25) is 14.4 Å². The number of hydrogen-bond acceptors (Lipinski definition) is 6. The third-order valence-corrected chi connectivity index (χ3v) is 5.31. The summed E-state index contributed by atoms with van der Waals surface area (Å²) in [5.74, 6) is 0.198. The fourth-order valence-corrected chi connectivity index (χ4v) is 3.98. The Balaban J connectivity index is 1.62. The number of ether oxygens (including phenoxy) is 1. The van der Waals surface area contributed by atoms with E-state index in [2.05, 4.69) is 26.5 Å². The minimum absolute atomic E-state index is 0.0660. The molecule has 3 aliphatic rings. The van der Waals surface area contributed by atoms with Crippen LogP contribution in [-0.2, 0) is 16.1 Å². The summed E-state index contributed by atoms with van der Waals surface area (Å²) in [5, 5.41) is 7.87. The van der Waals surface area contributed by atoms with Crippen molar-refractivity contribution in [2.45, 2.75) is 25.4 Å². The van der Waals surface area contributed by atoms with Gasteiger partial charge in [0, 0.05) is 26.2 Å². The van der Waals surface area contributed by atoms with E-state index in [0.717, 1.165) is 25.9 Å². The zero-order valence-electron chi connectivity index (χ0n) is 14.8. The first-order valence-corrected chi connectivity index (χ1v) is 8.61. The quantitative estimate of drug-likeness (QED) is 0.548. The molecule has 8 heteroatoms. The largest absolute Gasteiger partial charge is 0.464 e. The number of fused-ring (bicyclic) bond motifs is 3. The Labute approximate surface area is 147 Å². The maximum absolute atomic E-state index is 12.6. The van der Waals surface area contributed by atoms with Gasteiger partial charge in [-0.25, -0.2) is 4.79 Å². The highest BCUT2D eigenvalue weighted by atomic mass is 16.5. The summed E-state index contributed by atoms with van der Waals surface area (Å²) in [7, 11) is 3.16. The standard InChI is InChI=1S/C17H25N5O3/c1-4-6-20(2)16(23)14-10-21-7-5-12(14)8-13(21)9-22-11-15(18-19-22)17(24)25-3/h4,11-14H,1,5-10H2,2-3H3. The summed E-state index contributed by atoms with van der Waals surface area (Å²) in [5.41, 5.74) is 0.220. The Kier molecular flexibility index (Phi) is 5.17. The summed E-state index contributed by atoms with van der Waals surface area (Å²) in [4.78, 5) is 28.2. The van der Waals surface area contributed by atoms with Gasteiger partial charge in [-0.15, -0.1) is 11.7 Å². The molecule has 4 atom stereocenters. The van der Waals surface area contributed by atoms with Crippen LogP contribution in [0.3, 0.4) is 0 Å². The topological polar surface area (TPSA) is 80.6 Å². The average Bonchev–Trinajstić information content (AvgIpc) is 3.09. The zero-order chi connectivity index (χ0) is 18.0. The van der Waals surface area contributed by atoms with E-state index < -0.39 is 5.97 Å². The van der Waals surface area contributed by atoms with E-state index in [4.69, 9.17) is 0 Å². The van der Waals surface area contributed by atoms with Crippen LogP contribution in [0.2, 0.25) is 0 Å². The fraction of sp³-hybridized carbons (Fsp3) is 0.647. The van der Waals surface area contributed by atoms with E-state index in [1.54, 1.807) is 21.9 Å². The summed E-state index contributed by atoms with van der Waals surface area (Å²) >= 11 is 0. The number of amides is 1. The van der Waals surface area contributed by atoms with Crippen molar-refractivity contribution in [2.75, 3.05) is 33.8 Å². The van der Waals surface area contributed by atoms with E-state index >= 15 is 0 Å². The number of carbonyl (C=O) groups excluding carboxylic acids is 2. The van der Waals surface area contributed by atoms with E-state index in [9.17, 15) is 9.59 Å². The normalized spacial score (nSPS) is 27.8. The lowest BCUT2D eigenvalue weighted by Gasteiger charge is -2.49. The number of piperidine rings is 3. The molecule has 4 rings (SSSR count). The number of nitrogens with zero attached hydrogens (tertiary/aromatic N) is 5. The van der Waals surface area contributed by atoms with Gasteiger partial charge in [0.15, 0.2) is 5.69 Å². The van der Waals surface area contributed by atoms with Crippen LogP contribution in [0.5, 0.6) is 0 Å². The second kappa shape index (κ2) is 7.35. The smallest absolute Gasteiger partial charge is 0.360 e. The number of rotatable bonds is 6. The first-order chi connectivity index (χ1) is 12.0. The Hall–Kier alpha value is -2.22. The van der Waals surface area contributed by atoms with E-state index in [1.165, 1.54) is 7.11 Å². The van der Waals surface area contributed by atoms with Crippen LogP contribution in [0.25, 0.3) is 0 Å². The lowest BCUT2D eigenvalue weighted by Crippen LogP contribution is -2.58. The number of carbonyl (C=O) groups is 2. The number of esters is 1. The molecule has 136 valence electrons. The SMILES string of the molecule is C=CCN(C)C(=O)C1CN2CCC1CC2Cn1cc(C(=O)OC)nn1. The highest BCUT2D eigenvalue weighted by Gasteiger charge is 2.44. The van der Waals surface area contributed by atoms with Crippen molar-refractivity contribution in [3.05, 3.63) is 24.5 Å². The molecule has 3 fully saturated rings. The van der Waals surface area contributed by atoms with Gasteiger partial charge in [-0.1, -0.05) is 11.3 Å². The van der Waals surface area contributed by atoms with E-state index in [-0.39, 0.29) is 17.5 Å². The molecule has 1 aromatic rings. The van der Waals surface area contributed by atoms with Crippen molar-refractivity contribution in [2.24, 2.45) is 11.8 Å². The third kappa shape index (κ3) is 3.58. The van der Waals surface area contributed by atoms with Gasteiger partial charge in [0.1, 0.15) is 0 Å². The van der Waals surface area contributed by atoms with Crippen LogP contribution in [0, 0.1) is 11.8 Å². The molecule has 0 radical (unpaired) electrons. The molecule has 25 heavy (non-hydrogen) atoms. The Morgan fingerprint density at radius 1 is 1.52 bits per heavy atom. The van der Waals surface area contributed by atoms with Crippen LogP contribution in [0.1, 0.15) is 23.3 Å². The summed E-state index contributed by atoms with van der Waals surface area (Å²) in [6, 6.07) is 0.319. The van der Waals surface area contributed by atoms with Gasteiger partial charge >= 0.3 is 5.97 Å². The molecule has 0 N–H and O–H groups in total. The van der Waals surface area contributed by atoms with Gasteiger partial charge < -0.3 is 9.64 Å². The van der Waals surface area contributed by atoms with E-state index in [0.29, 0.717) is 25.0 Å². The van der Waals surface area contributed by atoms with Crippen molar-refractivity contribution in [1.29, 1.82) is 0 Å². The van der Waals surface area contributed by atoms with Gasteiger partial charge in [0.2, 0.25) is 5.91 Å². The van der Waals surface area contributed by atoms with Crippen LogP contribution >= 0.6 is 0 Å². The molecule has 4 unspecified atom stereocenters. The predicted octanol–water partition coefficient (Wildman–Crippen LogP) is 0.420. The molecule has 3 saturated heterocycles. The molecule has 0 aliphatic carbocycles. The molecular formula is C17H25N5O3. The molecule has 1 amide bonds. The van der Waals surface area contributed by atoms with Gasteiger partial charge in [-0.05, 0) is 25.3 Å². The lowest BCUT2D eigenvalue weighted by molar-refractivity contribution is -0.142. The highest BCUT2D eigenvalue weighted by Crippen LogP contribution is 2.37. The maximum Gasteiger partial charge on any atom is 0.360 e. The van der Waals surface area contributed by atoms with Gasteiger partial charge in [-0.2, -0.15) is 0 Å². The van der Waals surface area contributed by atoms with Crippen molar-refractivity contribution >= 4 is 11.9 Å².